The molecule has 1 N–H and O–H groups in total. The summed E-state index contributed by atoms with van der Waals surface area (Å²) in [6.07, 6.45) is 2.69. The molecular formula is C25H30N4O3. The Kier molecular flexibility index (Phi) is 6.73. The van der Waals surface area contributed by atoms with Crippen LogP contribution in [0.15, 0.2) is 53.5 Å². The van der Waals surface area contributed by atoms with Crippen molar-refractivity contribution in [3.63, 3.8) is 0 Å². The molecule has 168 valence electrons. The van der Waals surface area contributed by atoms with Crippen molar-refractivity contribution in [2.45, 2.75) is 25.2 Å². The van der Waals surface area contributed by atoms with E-state index in [9.17, 15) is 9.59 Å². The van der Waals surface area contributed by atoms with Gasteiger partial charge in [-0.3, -0.25) is 19.5 Å². The lowest BCUT2D eigenvalue weighted by Gasteiger charge is -2.22. The number of rotatable bonds is 7. The summed E-state index contributed by atoms with van der Waals surface area (Å²) < 4.78 is 5.25. The van der Waals surface area contributed by atoms with E-state index in [2.05, 4.69) is 27.3 Å². The lowest BCUT2D eigenvalue weighted by Crippen LogP contribution is -2.40. The number of fused-ring (bicyclic) bond motifs is 1. The lowest BCUT2D eigenvalue weighted by atomic mass is 9.98. The minimum atomic E-state index is -0.184. The number of hydrogen-bond acceptors (Lipinski definition) is 4. The highest BCUT2D eigenvalue weighted by Crippen LogP contribution is 2.28. The van der Waals surface area contributed by atoms with Crippen LogP contribution in [0.2, 0.25) is 0 Å². The van der Waals surface area contributed by atoms with Gasteiger partial charge in [0.2, 0.25) is 0 Å². The first-order valence-corrected chi connectivity index (χ1v) is 11.2. The number of amides is 2. The fourth-order valence-corrected chi connectivity index (χ4v) is 4.47. The maximum absolute atomic E-state index is 12.4. The number of likely N-dealkylation sites (tertiary alicyclic amines) is 1. The molecule has 1 atom stereocenters. The van der Waals surface area contributed by atoms with E-state index >= 15 is 0 Å². The summed E-state index contributed by atoms with van der Waals surface area (Å²) in [5, 5.41) is 3.43. The summed E-state index contributed by atoms with van der Waals surface area (Å²) in [6, 6.07) is 15.3. The number of aliphatic imine (C=N–C) groups is 1. The van der Waals surface area contributed by atoms with Crippen molar-refractivity contribution < 1.29 is 14.3 Å². The van der Waals surface area contributed by atoms with E-state index < -0.39 is 0 Å². The Hall–Kier alpha value is -3.35. The molecule has 1 fully saturated rings. The largest absolute Gasteiger partial charge is 0.497 e. The summed E-state index contributed by atoms with van der Waals surface area (Å²) in [4.78, 5) is 33.0. The van der Waals surface area contributed by atoms with Crippen LogP contribution < -0.4 is 10.1 Å². The molecule has 2 aliphatic heterocycles. The minimum absolute atomic E-state index is 0.184. The zero-order chi connectivity index (χ0) is 22.5. The number of unbranched alkanes of at least 4 members (excludes halogenated alkanes) is 1. The van der Waals surface area contributed by atoms with Gasteiger partial charge in [-0.1, -0.05) is 24.3 Å². The van der Waals surface area contributed by atoms with Crippen LogP contribution in [0.5, 0.6) is 5.75 Å². The molecule has 0 aromatic heterocycles. The second-order valence-electron chi connectivity index (χ2n) is 8.19. The number of nitrogens with zero attached hydrogens (tertiary/aromatic N) is 3. The molecule has 0 bridgehead atoms. The van der Waals surface area contributed by atoms with Gasteiger partial charge in [0.15, 0.2) is 5.96 Å². The lowest BCUT2D eigenvalue weighted by molar-refractivity contribution is 0.0652. The van der Waals surface area contributed by atoms with Crippen molar-refractivity contribution in [3.05, 3.63) is 65.2 Å². The summed E-state index contributed by atoms with van der Waals surface area (Å²) in [5.41, 5.74) is 2.35. The molecule has 7 nitrogen and oxygen atoms in total. The van der Waals surface area contributed by atoms with Gasteiger partial charge in [0.1, 0.15) is 5.75 Å². The number of ether oxygens (including phenoxy) is 1. The number of nitrogens with one attached hydrogen (secondary N) is 1. The molecule has 2 amide bonds. The number of hydrogen-bond donors (Lipinski definition) is 1. The predicted molar refractivity (Wildman–Crippen MR) is 124 cm³/mol. The van der Waals surface area contributed by atoms with Gasteiger partial charge in [-0.2, -0.15) is 0 Å². The van der Waals surface area contributed by atoms with Crippen LogP contribution in [0.4, 0.5) is 0 Å². The molecule has 2 heterocycles. The summed E-state index contributed by atoms with van der Waals surface area (Å²) in [5.74, 6) is 1.89. The maximum atomic E-state index is 12.4. The Morgan fingerprint density at radius 1 is 1.06 bits per heavy atom. The van der Waals surface area contributed by atoms with Crippen molar-refractivity contribution in [1.82, 2.24) is 15.1 Å². The molecular weight excluding hydrogens is 404 g/mol. The quantitative estimate of drug-likeness (QED) is 0.314. The molecule has 2 aromatic rings. The smallest absolute Gasteiger partial charge is 0.261 e. The average molecular weight is 435 g/mol. The molecule has 0 radical (unpaired) electrons. The van der Waals surface area contributed by atoms with Crippen molar-refractivity contribution in [2.24, 2.45) is 4.99 Å². The summed E-state index contributed by atoms with van der Waals surface area (Å²) in [7, 11) is 3.49. The topological polar surface area (TPSA) is 74.2 Å². The molecule has 2 aromatic carbocycles. The third-order valence-corrected chi connectivity index (χ3v) is 6.26. The molecule has 1 unspecified atom stereocenters. The minimum Gasteiger partial charge on any atom is -0.497 e. The third-order valence-electron chi connectivity index (χ3n) is 6.26. The highest BCUT2D eigenvalue weighted by atomic mass is 16.5. The Morgan fingerprint density at radius 3 is 2.38 bits per heavy atom. The normalized spacial score (nSPS) is 18.3. The van der Waals surface area contributed by atoms with Crippen LogP contribution in [0.1, 0.15) is 51.5 Å². The third kappa shape index (κ3) is 4.47. The summed E-state index contributed by atoms with van der Waals surface area (Å²) in [6.45, 7) is 3.09. The predicted octanol–water partition coefficient (Wildman–Crippen LogP) is 3.14. The van der Waals surface area contributed by atoms with Gasteiger partial charge in [-0.15, -0.1) is 0 Å². The van der Waals surface area contributed by atoms with E-state index in [1.165, 1.54) is 10.5 Å². The van der Waals surface area contributed by atoms with Gasteiger partial charge >= 0.3 is 0 Å². The molecule has 0 spiro atoms. The number of carbonyl (C=O) groups excluding carboxylic acids is 2. The molecule has 4 rings (SSSR count). The average Bonchev–Trinajstić information content (AvgIpc) is 3.41. The number of carbonyl (C=O) groups is 2. The molecule has 0 aliphatic carbocycles. The van der Waals surface area contributed by atoms with E-state index in [1.54, 1.807) is 31.4 Å². The van der Waals surface area contributed by atoms with Crippen LogP contribution in [0.3, 0.4) is 0 Å². The highest BCUT2D eigenvalue weighted by molar-refractivity contribution is 6.21. The Morgan fingerprint density at radius 2 is 1.75 bits per heavy atom. The van der Waals surface area contributed by atoms with Crippen molar-refractivity contribution in [1.29, 1.82) is 0 Å². The Labute approximate surface area is 189 Å². The van der Waals surface area contributed by atoms with Crippen LogP contribution in [-0.4, -0.2) is 67.9 Å². The Bertz CT molecular complexity index is 968. The Balaban J connectivity index is 1.21. The number of methoxy groups -OCH3 is 1. The number of benzene rings is 2. The summed E-state index contributed by atoms with van der Waals surface area (Å²) >= 11 is 0. The van der Waals surface area contributed by atoms with E-state index in [0.29, 0.717) is 23.6 Å². The monoisotopic (exact) mass is 434 g/mol. The zero-order valence-corrected chi connectivity index (χ0v) is 18.7. The molecule has 1 saturated heterocycles. The van der Waals surface area contributed by atoms with E-state index in [1.807, 2.05) is 19.2 Å². The van der Waals surface area contributed by atoms with Crippen LogP contribution in [-0.2, 0) is 0 Å². The molecule has 2 aliphatic rings. The van der Waals surface area contributed by atoms with E-state index in [4.69, 9.17) is 4.74 Å². The van der Waals surface area contributed by atoms with Gasteiger partial charge in [0, 0.05) is 39.1 Å². The van der Waals surface area contributed by atoms with Crippen LogP contribution in [0, 0.1) is 0 Å². The second-order valence-corrected chi connectivity index (χ2v) is 8.19. The van der Waals surface area contributed by atoms with Gasteiger partial charge < -0.3 is 15.0 Å². The van der Waals surface area contributed by atoms with Gasteiger partial charge in [0.05, 0.1) is 18.2 Å². The van der Waals surface area contributed by atoms with Crippen LogP contribution in [0.25, 0.3) is 0 Å². The van der Waals surface area contributed by atoms with Gasteiger partial charge in [0.25, 0.3) is 11.8 Å². The first-order valence-electron chi connectivity index (χ1n) is 11.2. The van der Waals surface area contributed by atoms with Crippen molar-refractivity contribution in [3.8, 4) is 5.75 Å². The van der Waals surface area contributed by atoms with Gasteiger partial charge in [-0.25, -0.2) is 0 Å². The fourth-order valence-electron chi connectivity index (χ4n) is 4.47. The number of guanidine groups is 1. The number of imide groups is 1. The first kappa shape index (κ1) is 21.9. The standard InChI is InChI=1S/C25H30N4O3/c1-26-25(28-16-13-19(17-28)18-9-11-20(32-2)12-10-18)27-14-5-6-15-29-23(30)21-7-3-4-8-22(21)24(29)31/h3-4,7-12,19H,5-6,13-17H2,1-2H3,(H,26,27). The van der Waals surface area contributed by atoms with Crippen molar-refractivity contribution >= 4 is 17.8 Å². The SMILES string of the molecule is CN=C(NCCCCN1C(=O)c2ccccc2C1=O)N1CCC(c2ccc(OC)cc2)C1. The zero-order valence-electron chi connectivity index (χ0n) is 18.7. The van der Waals surface area contributed by atoms with Crippen LogP contribution >= 0.6 is 0 Å². The van der Waals surface area contributed by atoms with Gasteiger partial charge in [-0.05, 0) is 49.1 Å². The van der Waals surface area contributed by atoms with E-state index in [-0.39, 0.29) is 11.8 Å². The van der Waals surface area contributed by atoms with Crippen molar-refractivity contribution in [2.75, 3.05) is 40.3 Å². The fraction of sp³-hybridized carbons (Fsp3) is 0.400. The van der Waals surface area contributed by atoms with E-state index in [0.717, 1.165) is 50.6 Å². The second kappa shape index (κ2) is 9.85. The molecule has 0 saturated carbocycles. The molecule has 32 heavy (non-hydrogen) atoms. The molecule has 7 heteroatoms. The highest BCUT2D eigenvalue weighted by Gasteiger charge is 2.34. The maximum Gasteiger partial charge on any atom is 0.261 e. The first-order chi connectivity index (χ1) is 15.6.